The molecule has 1 heterocycles. The number of rotatable bonds is 2. The Hall–Kier alpha value is -0.860. The molecule has 0 aliphatic carbocycles. The first kappa shape index (κ1) is 6.26. The molecule has 0 bridgehead atoms. The maximum absolute atomic E-state index is 4.83. The van der Waals surface area contributed by atoms with Crippen LogP contribution >= 0.6 is 0 Å². The van der Waals surface area contributed by atoms with E-state index < -0.39 is 0 Å². The average Bonchev–Trinajstić information content (AvgIpc) is 2.37. The molecule has 0 fully saturated rings. The fourth-order valence-corrected chi connectivity index (χ4v) is 0.573. The van der Waals surface area contributed by atoms with Gasteiger partial charge in [-0.25, -0.2) is 0 Å². The van der Waals surface area contributed by atoms with Gasteiger partial charge in [-0.15, -0.1) is 0 Å². The van der Waals surface area contributed by atoms with Gasteiger partial charge in [0.15, 0.2) is 6.33 Å². The lowest BCUT2D eigenvalue weighted by atomic mass is 10.1. The van der Waals surface area contributed by atoms with Crippen molar-refractivity contribution in [3.8, 4) is 0 Å². The van der Waals surface area contributed by atoms with E-state index in [-0.39, 0.29) is 0 Å². The molecule has 3 nitrogen and oxygen atoms in total. The van der Waals surface area contributed by atoms with Gasteiger partial charge in [-0.05, 0) is 6.42 Å². The van der Waals surface area contributed by atoms with Crippen molar-refractivity contribution in [2.24, 2.45) is 0 Å². The highest BCUT2D eigenvalue weighted by Gasteiger charge is 2.06. The predicted octanol–water partition coefficient (Wildman–Crippen LogP) is 1.58. The fourth-order valence-electron chi connectivity index (χ4n) is 0.573. The van der Waals surface area contributed by atoms with Crippen molar-refractivity contribution < 1.29 is 4.52 Å². The van der Waals surface area contributed by atoms with Crippen molar-refractivity contribution in [1.29, 1.82) is 0 Å². The van der Waals surface area contributed by atoms with Crippen LogP contribution in [0.25, 0.3) is 0 Å². The van der Waals surface area contributed by atoms with Crippen LogP contribution in [0.3, 0.4) is 0 Å². The predicted molar refractivity (Wildman–Crippen MR) is 33.0 cm³/mol. The molecule has 1 aromatic rings. The summed E-state index contributed by atoms with van der Waals surface area (Å²) in [4.78, 5) is 3.91. The molecule has 3 heteroatoms. The first-order valence-electron chi connectivity index (χ1n) is 3.11. The van der Waals surface area contributed by atoms with Crippen LogP contribution in [-0.4, -0.2) is 10.1 Å². The van der Waals surface area contributed by atoms with E-state index >= 15 is 0 Å². The van der Waals surface area contributed by atoms with Crippen LogP contribution in [0, 0.1) is 0 Å². The molecule has 0 saturated carbocycles. The molecule has 1 rings (SSSR count). The Morgan fingerprint density at radius 1 is 1.78 bits per heavy atom. The molecule has 0 N–H and O–H groups in total. The van der Waals surface area contributed by atoms with Gasteiger partial charge >= 0.3 is 0 Å². The van der Waals surface area contributed by atoms with Crippen LogP contribution < -0.4 is 0 Å². The summed E-state index contributed by atoms with van der Waals surface area (Å²) in [5.74, 6) is 1.13. The number of hydrogen-bond donors (Lipinski definition) is 0. The molecule has 0 aliphatic rings. The van der Waals surface area contributed by atoms with Gasteiger partial charge < -0.3 is 4.52 Å². The summed E-state index contributed by atoms with van der Waals surface area (Å²) in [5.41, 5.74) is 0. The third-order valence-electron chi connectivity index (χ3n) is 1.41. The smallest absolute Gasteiger partial charge is 0.229 e. The zero-order chi connectivity index (χ0) is 6.69. The molecule has 0 aromatic carbocycles. The van der Waals surface area contributed by atoms with Gasteiger partial charge in [0, 0.05) is 5.92 Å². The Morgan fingerprint density at radius 2 is 2.56 bits per heavy atom. The number of aromatic nitrogens is 2. The molecule has 50 valence electrons. The highest BCUT2D eigenvalue weighted by Crippen LogP contribution is 2.13. The van der Waals surface area contributed by atoms with Crippen LogP contribution in [0.15, 0.2) is 10.9 Å². The number of nitrogens with zero attached hydrogens (tertiary/aromatic N) is 2. The molecular weight excluding hydrogens is 116 g/mol. The molecule has 1 atom stereocenters. The van der Waals surface area contributed by atoms with Gasteiger partial charge in [-0.2, -0.15) is 4.98 Å². The SMILES string of the molecule is CCC(C)c1ncno1. The van der Waals surface area contributed by atoms with Crippen molar-refractivity contribution in [2.75, 3.05) is 0 Å². The molecule has 0 spiro atoms. The molecular formula is C6H10N2O. The summed E-state index contributed by atoms with van der Waals surface area (Å²) < 4.78 is 4.83. The van der Waals surface area contributed by atoms with E-state index in [1.807, 2.05) is 0 Å². The van der Waals surface area contributed by atoms with Crippen molar-refractivity contribution in [3.05, 3.63) is 12.2 Å². The largest absolute Gasteiger partial charge is 0.339 e. The Morgan fingerprint density at radius 3 is 3.00 bits per heavy atom. The van der Waals surface area contributed by atoms with E-state index in [0.29, 0.717) is 5.92 Å². The first-order valence-corrected chi connectivity index (χ1v) is 3.11. The van der Waals surface area contributed by atoms with E-state index in [0.717, 1.165) is 12.3 Å². The van der Waals surface area contributed by atoms with Gasteiger partial charge in [0.05, 0.1) is 0 Å². The van der Waals surface area contributed by atoms with Gasteiger partial charge in [0.2, 0.25) is 5.89 Å². The zero-order valence-corrected chi connectivity index (χ0v) is 5.66. The van der Waals surface area contributed by atoms with Crippen molar-refractivity contribution >= 4 is 0 Å². The van der Waals surface area contributed by atoms with Crippen LogP contribution in [-0.2, 0) is 0 Å². The van der Waals surface area contributed by atoms with Gasteiger partial charge in [0.1, 0.15) is 0 Å². The summed E-state index contributed by atoms with van der Waals surface area (Å²) in [6.45, 7) is 4.16. The third kappa shape index (κ3) is 1.28. The Labute approximate surface area is 54.1 Å². The van der Waals surface area contributed by atoms with Crippen LogP contribution in [0.1, 0.15) is 32.1 Å². The van der Waals surface area contributed by atoms with E-state index in [1.54, 1.807) is 0 Å². The second kappa shape index (κ2) is 2.62. The topological polar surface area (TPSA) is 38.9 Å². The molecule has 0 aliphatic heterocycles. The van der Waals surface area contributed by atoms with Crippen LogP contribution in [0.4, 0.5) is 0 Å². The van der Waals surface area contributed by atoms with E-state index in [2.05, 4.69) is 24.0 Å². The van der Waals surface area contributed by atoms with Crippen molar-refractivity contribution in [3.63, 3.8) is 0 Å². The second-order valence-electron chi connectivity index (χ2n) is 2.09. The highest BCUT2D eigenvalue weighted by atomic mass is 16.5. The maximum Gasteiger partial charge on any atom is 0.229 e. The second-order valence-corrected chi connectivity index (χ2v) is 2.09. The molecule has 9 heavy (non-hydrogen) atoms. The summed E-state index contributed by atoms with van der Waals surface area (Å²) in [5, 5.41) is 3.51. The Bertz CT molecular complexity index is 160. The minimum absolute atomic E-state index is 0.396. The van der Waals surface area contributed by atoms with Crippen molar-refractivity contribution in [1.82, 2.24) is 10.1 Å². The standard InChI is InChI=1S/C6H10N2O/c1-3-5(2)6-7-4-8-9-6/h4-5H,3H2,1-2H3. The van der Waals surface area contributed by atoms with Crippen molar-refractivity contribution in [2.45, 2.75) is 26.2 Å². The van der Waals surface area contributed by atoms with E-state index in [9.17, 15) is 0 Å². The molecule has 0 amide bonds. The zero-order valence-electron chi connectivity index (χ0n) is 5.66. The average molecular weight is 126 g/mol. The lowest BCUT2D eigenvalue weighted by Crippen LogP contribution is -1.89. The molecule has 0 saturated heterocycles. The van der Waals surface area contributed by atoms with Gasteiger partial charge in [0.25, 0.3) is 0 Å². The summed E-state index contributed by atoms with van der Waals surface area (Å²) in [7, 11) is 0. The van der Waals surface area contributed by atoms with E-state index in [1.165, 1.54) is 6.33 Å². The summed E-state index contributed by atoms with van der Waals surface area (Å²) in [6, 6.07) is 0. The normalized spacial score (nSPS) is 13.6. The Kier molecular flexibility index (Phi) is 1.82. The van der Waals surface area contributed by atoms with Gasteiger partial charge in [-0.1, -0.05) is 19.0 Å². The monoisotopic (exact) mass is 126 g/mol. The summed E-state index contributed by atoms with van der Waals surface area (Å²) in [6.07, 6.45) is 2.48. The molecule has 0 radical (unpaired) electrons. The van der Waals surface area contributed by atoms with Gasteiger partial charge in [-0.3, -0.25) is 0 Å². The lowest BCUT2D eigenvalue weighted by Gasteiger charge is -1.97. The minimum Gasteiger partial charge on any atom is -0.339 e. The first-order chi connectivity index (χ1) is 4.34. The fraction of sp³-hybridized carbons (Fsp3) is 0.667. The van der Waals surface area contributed by atoms with Crippen LogP contribution in [0.5, 0.6) is 0 Å². The quantitative estimate of drug-likeness (QED) is 0.604. The third-order valence-corrected chi connectivity index (χ3v) is 1.41. The minimum atomic E-state index is 0.396. The van der Waals surface area contributed by atoms with E-state index in [4.69, 9.17) is 4.52 Å². The Balaban J connectivity index is 2.65. The number of hydrogen-bond acceptors (Lipinski definition) is 3. The maximum atomic E-state index is 4.83. The summed E-state index contributed by atoms with van der Waals surface area (Å²) >= 11 is 0. The van der Waals surface area contributed by atoms with Crippen LogP contribution in [0.2, 0.25) is 0 Å². The highest BCUT2D eigenvalue weighted by molar-refractivity contribution is 4.83. The molecule has 1 unspecified atom stereocenters. The molecule has 1 aromatic heterocycles. The lowest BCUT2D eigenvalue weighted by molar-refractivity contribution is 0.356.